The summed E-state index contributed by atoms with van der Waals surface area (Å²) in [5.74, 6) is -0.182. The van der Waals surface area contributed by atoms with Gasteiger partial charge in [-0.1, -0.05) is 73.8 Å². The first-order valence-electron chi connectivity index (χ1n) is 13.5. The molecule has 0 aromatic carbocycles. The Balaban J connectivity index is 0. The lowest BCUT2D eigenvalue weighted by Gasteiger charge is -2.31. The third kappa shape index (κ3) is 16.2. The summed E-state index contributed by atoms with van der Waals surface area (Å²) in [5.41, 5.74) is 5.57. The second-order valence-corrected chi connectivity index (χ2v) is 11.3. The second kappa shape index (κ2) is 20.5. The van der Waals surface area contributed by atoms with E-state index in [1.165, 1.54) is 12.8 Å². The van der Waals surface area contributed by atoms with Gasteiger partial charge in [0, 0.05) is 11.3 Å². The fraction of sp³-hybridized carbons (Fsp3) is 0.759. The Bertz CT molecular complexity index is 745. The Labute approximate surface area is 224 Å². The Kier molecular flexibility index (Phi) is 20.8. The normalized spacial score (nSPS) is 14.6. The zero-order valence-corrected chi connectivity index (χ0v) is 25.2. The zero-order chi connectivity index (χ0) is 28.3. The number of nitrogens with zero attached hydrogens (tertiary/aromatic N) is 1. The van der Waals surface area contributed by atoms with Gasteiger partial charge in [-0.05, 0) is 57.6 Å². The van der Waals surface area contributed by atoms with Crippen LogP contribution in [0.15, 0.2) is 11.5 Å². The monoisotopic (exact) mass is 526 g/mol. The minimum absolute atomic E-state index is 0.0515. The molecule has 4 N–H and O–H groups in total. The van der Waals surface area contributed by atoms with Crippen molar-refractivity contribution in [3.8, 4) is 0 Å². The van der Waals surface area contributed by atoms with Crippen molar-refractivity contribution in [2.24, 2.45) is 28.9 Å². The number of thiazole rings is 1. The predicted molar refractivity (Wildman–Crippen MR) is 154 cm³/mol. The van der Waals surface area contributed by atoms with Crippen molar-refractivity contribution in [1.82, 2.24) is 4.98 Å². The molecule has 0 aliphatic carbocycles. The molecule has 0 aliphatic heterocycles. The number of aliphatic carboxylic acids is 1. The predicted octanol–water partition coefficient (Wildman–Crippen LogP) is 7.14. The molecule has 1 heterocycles. The fourth-order valence-electron chi connectivity index (χ4n) is 4.10. The number of carboxylic acids is 1. The number of carboxylic acid groups (broad SMARTS) is 1. The number of aryl methyl sites for hydroxylation is 1. The van der Waals surface area contributed by atoms with Crippen molar-refractivity contribution >= 4 is 29.2 Å². The number of carbonyl (C=O) groups is 2. The molecule has 0 saturated heterocycles. The standard InChI is InChI=1S/C20H39NO4.C7H9NS.C2H6/c1-14(10-7-11-21)8-6-9-15(2)12-16(3)19(25)20(4,5)17(22)13-18(23)24;1-3-4-7-5-9-6(2)8-7;1-2/h14-17,22H,6-13,21H2,1-5H3,(H,23,24);3-5H,1-2H3;1-2H3/b;4-3-;. The molecule has 0 saturated carbocycles. The van der Waals surface area contributed by atoms with Crippen LogP contribution >= 0.6 is 11.3 Å². The number of aliphatic hydroxyl groups is 1. The van der Waals surface area contributed by atoms with Crippen LogP contribution in [0.3, 0.4) is 0 Å². The van der Waals surface area contributed by atoms with Gasteiger partial charge in [0.15, 0.2) is 0 Å². The van der Waals surface area contributed by atoms with Gasteiger partial charge < -0.3 is 15.9 Å². The van der Waals surface area contributed by atoms with E-state index in [1.807, 2.05) is 46.8 Å². The van der Waals surface area contributed by atoms with E-state index in [0.29, 0.717) is 11.8 Å². The fourth-order valence-corrected chi connectivity index (χ4v) is 4.68. The summed E-state index contributed by atoms with van der Waals surface area (Å²) in [6, 6.07) is 0. The highest BCUT2D eigenvalue weighted by Crippen LogP contribution is 2.31. The molecular weight excluding hydrogens is 472 g/mol. The van der Waals surface area contributed by atoms with E-state index < -0.39 is 23.9 Å². The molecule has 210 valence electrons. The summed E-state index contributed by atoms with van der Waals surface area (Å²) in [6.07, 6.45) is 8.90. The van der Waals surface area contributed by atoms with E-state index in [2.05, 4.69) is 24.2 Å². The smallest absolute Gasteiger partial charge is 0.306 e. The number of rotatable bonds is 15. The maximum Gasteiger partial charge on any atom is 0.306 e. The molecule has 1 aromatic rings. The Morgan fingerprint density at radius 3 is 2.14 bits per heavy atom. The molecule has 36 heavy (non-hydrogen) atoms. The maximum absolute atomic E-state index is 12.7. The molecule has 4 atom stereocenters. The lowest BCUT2D eigenvalue weighted by atomic mass is 9.74. The number of ketones is 1. The number of allylic oxidation sites excluding steroid dienone is 1. The van der Waals surface area contributed by atoms with E-state index >= 15 is 0 Å². The topological polar surface area (TPSA) is 114 Å². The molecule has 0 aliphatic rings. The van der Waals surface area contributed by atoms with E-state index in [0.717, 1.165) is 42.9 Å². The molecule has 0 bridgehead atoms. The van der Waals surface area contributed by atoms with Gasteiger partial charge in [0.1, 0.15) is 5.78 Å². The number of aliphatic hydroxyl groups excluding tert-OH is 1. The van der Waals surface area contributed by atoms with Crippen LogP contribution in [-0.2, 0) is 9.59 Å². The largest absolute Gasteiger partial charge is 0.481 e. The summed E-state index contributed by atoms with van der Waals surface area (Å²) >= 11 is 1.68. The van der Waals surface area contributed by atoms with E-state index in [4.69, 9.17) is 10.8 Å². The van der Waals surface area contributed by atoms with Crippen LogP contribution in [-0.4, -0.2) is 39.6 Å². The van der Waals surface area contributed by atoms with Gasteiger partial charge in [0.2, 0.25) is 0 Å². The zero-order valence-electron chi connectivity index (χ0n) is 24.3. The lowest BCUT2D eigenvalue weighted by Crippen LogP contribution is -2.41. The summed E-state index contributed by atoms with van der Waals surface area (Å²) in [6.45, 7) is 18.4. The number of Topliss-reactive ketones (excluding diaryl/α,β-unsaturated/α-hetero) is 1. The highest BCUT2D eigenvalue weighted by molar-refractivity contribution is 7.09. The minimum Gasteiger partial charge on any atom is -0.481 e. The molecule has 1 aromatic heterocycles. The number of hydrogen-bond acceptors (Lipinski definition) is 6. The van der Waals surface area contributed by atoms with Crippen molar-refractivity contribution in [2.45, 2.75) is 113 Å². The Morgan fingerprint density at radius 1 is 1.11 bits per heavy atom. The number of nitrogens with two attached hydrogens (primary N) is 1. The average Bonchev–Trinajstić information content (AvgIpc) is 3.23. The van der Waals surface area contributed by atoms with Crippen LogP contribution in [0.4, 0.5) is 0 Å². The number of carbonyl (C=O) groups excluding carboxylic acids is 1. The summed E-state index contributed by atoms with van der Waals surface area (Å²) in [4.78, 5) is 27.7. The number of aromatic nitrogens is 1. The molecule has 0 radical (unpaired) electrons. The van der Waals surface area contributed by atoms with E-state index in [1.54, 1.807) is 25.2 Å². The van der Waals surface area contributed by atoms with Crippen molar-refractivity contribution in [3.63, 3.8) is 0 Å². The van der Waals surface area contributed by atoms with Gasteiger partial charge in [-0.3, -0.25) is 9.59 Å². The maximum atomic E-state index is 12.7. The number of hydrogen-bond donors (Lipinski definition) is 3. The summed E-state index contributed by atoms with van der Waals surface area (Å²) in [5, 5.41) is 22.1. The van der Waals surface area contributed by atoms with E-state index in [9.17, 15) is 14.7 Å². The Morgan fingerprint density at radius 2 is 1.67 bits per heavy atom. The molecule has 0 fully saturated rings. The van der Waals surface area contributed by atoms with Gasteiger partial charge in [-0.15, -0.1) is 11.3 Å². The van der Waals surface area contributed by atoms with Gasteiger partial charge in [0.05, 0.1) is 28.6 Å². The minimum atomic E-state index is -1.15. The van der Waals surface area contributed by atoms with Crippen LogP contribution in [0.5, 0.6) is 0 Å². The third-order valence-corrected chi connectivity index (χ3v) is 7.10. The molecule has 0 spiro atoms. The third-order valence-electron chi connectivity index (χ3n) is 6.31. The van der Waals surface area contributed by atoms with Gasteiger partial charge in [0.25, 0.3) is 0 Å². The molecule has 0 amide bonds. The van der Waals surface area contributed by atoms with Crippen molar-refractivity contribution in [2.75, 3.05) is 6.54 Å². The summed E-state index contributed by atoms with van der Waals surface area (Å²) in [7, 11) is 0. The lowest BCUT2D eigenvalue weighted by molar-refractivity contribution is -0.145. The molecule has 1 rings (SSSR count). The second-order valence-electron chi connectivity index (χ2n) is 10.2. The van der Waals surface area contributed by atoms with Crippen LogP contribution in [0, 0.1) is 30.1 Å². The van der Waals surface area contributed by atoms with Gasteiger partial charge in [-0.2, -0.15) is 0 Å². The Hall–Kier alpha value is -1.57. The molecule has 4 unspecified atom stereocenters. The first-order chi connectivity index (χ1) is 16.8. The first kappa shape index (κ1) is 36.6. The van der Waals surface area contributed by atoms with Gasteiger partial charge >= 0.3 is 5.97 Å². The average molecular weight is 527 g/mol. The highest BCUT2D eigenvalue weighted by Gasteiger charge is 2.39. The SMILES string of the molecule is C/C=C\c1csc(C)n1.CC.CC(CCCN)CCCC(C)CC(C)C(=O)C(C)(C)C(O)CC(=O)O. The first-order valence-corrected chi connectivity index (χ1v) is 14.4. The van der Waals surface area contributed by atoms with Crippen molar-refractivity contribution in [3.05, 3.63) is 22.2 Å². The van der Waals surface area contributed by atoms with Crippen LogP contribution in [0.1, 0.15) is 111 Å². The molecule has 6 nitrogen and oxygen atoms in total. The quantitative estimate of drug-likeness (QED) is 0.224. The van der Waals surface area contributed by atoms with Crippen LogP contribution in [0.25, 0.3) is 6.08 Å². The highest BCUT2D eigenvalue weighted by atomic mass is 32.1. The molecular formula is C29H54N2O4S. The van der Waals surface area contributed by atoms with Crippen LogP contribution in [0.2, 0.25) is 0 Å². The van der Waals surface area contributed by atoms with Crippen molar-refractivity contribution < 1.29 is 19.8 Å². The van der Waals surface area contributed by atoms with Crippen LogP contribution < -0.4 is 5.73 Å². The van der Waals surface area contributed by atoms with Crippen molar-refractivity contribution in [1.29, 1.82) is 0 Å². The van der Waals surface area contributed by atoms with E-state index in [-0.39, 0.29) is 11.7 Å². The van der Waals surface area contributed by atoms with Gasteiger partial charge in [-0.25, -0.2) is 4.98 Å². The molecule has 7 heteroatoms. The summed E-state index contributed by atoms with van der Waals surface area (Å²) < 4.78 is 0.